The van der Waals surface area contributed by atoms with Crippen LogP contribution in [0.5, 0.6) is 11.5 Å². The number of nitrogens with one attached hydrogen (secondary N) is 2. The lowest BCUT2D eigenvalue weighted by Crippen LogP contribution is -2.41. The van der Waals surface area contributed by atoms with Crippen molar-refractivity contribution in [3.63, 3.8) is 0 Å². The first-order chi connectivity index (χ1) is 13.8. The van der Waals surface area contributed by atoms with Crippen LogP contribution in [0, 0.1) is 11.8 Å². The van der Waals surface area contributed by atoms with Crippen LogP contribution in [0.2, 0.25) is 0 Å². The molecule has 0 saturated heterocycles. The monoisotopic (exact) mass is 462 g/mol. The third-order valence-corrected chi connectivity index (χ3v) is 4.38. The Morgan fingerprint density at radius 2 is 1.34 bits per heavy atom. The molecule has 29 heavy (non-hydrogen) atoms. The predicted octanol–water partition coefficient (Wildman–Crippen LogP) is 4.59. The van der Waals surface area contributed by atoms with Crippen LogP contribution in [-0.4, -0.2) is 25.0 Å². The van der Waals surface area contributed by atoms with Crippen LogP contribution in [0.25, 0.3) is 0 Å². The standard InChI is InChI=1S/C22H27BrN2O4/c1-14(2)12-28-18-8-5-16(6-9-18)21(26)24-25-22(27)17-7-10-20(19(23)11-17)29-13-15(3)4/h5-11,14-15H,12-13H2,1-4H3,(H,24,26)(H,25,27). The highest BCUT2D eigenvalue weighted by atomic mass is 79.9. The van der Waals surface area contributed by atoms with Gasteiger partial charge in [-0.05, 0) is 70.2 Å². The van der Waals surface area contributed by atoms with Gasteiger partial charge in [-0.1, -0.05) is 27.7 Å². The molecule has 0 aliphatic heterocycles. The Morgan fingerprint density at radius 1 is 0.828 bits per heavy atom. The van der Waals surface area contributed by atoms with Gasteiger partial charge in [0.1, 0.15) is 11.5 Å². The smallest absolute Gasteiger partial charge is 0.269 e. The van der Waals surface area contributed by atoms with E-state index < -0.39 is 11.8 Å². The van der Waals surface area contributed by atoms with Crippen molar-refractivity contribution in [2.45, 2.75) is 27.7 Å². The van der Waals surface area contributed by atoms with E-state index in [0.717, 1.165) is 0 Å². The molecule has 2 N–H and O–H groups in total. The Bertz CT molecular complexity index is 835. The Hall–Kier alpha value is -2.54. The first-order valence-electron chi connectivity index (χ1n) is 9.52. The lowest BCUT2D eigenvalue weighted by Gasteiger charge is -2.12. The summed E-state index contributed by atoms with van der Waals surface area (Å²) in [5.41, 5.74) is 5.64. The average Bonchev–Trinajstić information content (AvgIpc) is 2.69. The molecule has 0 saturated carbocycles. The normalized spacial score (nSPS) is 10.7. The molecule has 0 radical (unpaired) electrons. The summed E-state index contributed by atoms with van der Waals surface area (Å²) >= 11 is 3.41. The van der Waals surface area contributed by atoms with E-state index in [2.05, 4.69) is 54.5 Å². The zero-order chi connectivity index (χ0) is 21.4. The van der Waals surface area contributed by atoms with Crippen LogP contribution < -0.4 is 20.3 Å². The fourth-order valence-electron chi connectivity index (χ4n) is 2.24. The van der Waals surface area contributed by atoms with E-state index >= 15 is 0 Å². The van der Waals surface area contributed by atoms with Crippen LogP contribution in [0.1, 0.15) is 48.4 Å². The topological polar surface area (TPSA) is 76.7 Å². The van der Waals surface area contributed by atoms with Crippen molar-refractivity contribution in [3.05, 3.63) is 58.1 Å². The number of benzene rings is 2. The number of carbonyl (C=O) groups excluding carboxylic acids is 2. The fourth-order valence-corrected chi connectivity index (χ4v) is 2.73. The summed E-state index contributed by atoms with van der Waals surface area (Å²) in [7, 11) is 0. The number of hydrogen-bond donors (Lipinski definition) is 2. The number of halogens is 1. The highest BCUT2D eigenvalue weighted by Crippen LogP contribution is 2.26. The van der Waals surface area contributed by atoms with Gasteiger partial charge >= 0.3 is 0 Å². The molecule has 0 bridgehead atoms. The van der Waals surface area contributed by atoms with Gasteiger partial charge in [0.2, 0.25) is 0 Å². The van der Waals surface area contributed by atoms with Crippen LogP contribution >= 0.6 is 15.9 Å². The summed E-state index contributed by atoms with van der Waals surface area (Å²) in [4.78, 5) is 24.5. The van der Waals surface area contributed by atoms with Gasteiger partial charge in [0, 0.05) is 11.1 Å². The largest absolute Gasteiger partial charge is 0.493 e. The lowest BCUT2D eigenvalue weighted by molar-refractivity contribution is 0.0846. The van der Waals surface area contributed by atoms with Crippen molar-refractivity contribution < 1.29 is 19.1 Å². The third kappa shape index (κ3) is 7.42. The maximum atomic E-state index is 12.3. The number of carbonyl (C=O) groups is 2. The first-order valence-corrected chi connectivity index (χ1v) is 10.3. The Kier molecular flexibility index (Phi) is 8.51. The molecule has 0 atom stereocenters. The molecule has 0 fully saturated rings. The van der Waals surface area contributed by atoms with Crippen LogP contribution in [0.4, 0.5) is 0 Å². The quantitative estimate of drug-likeness (QED) is 0.562. The van der Waals surface area contributed by atoms with E-state index in [-0.39, 0.29) is 0 Å². The van der Waals surface area contributed by atoms with Crippen molar-refractivity contribution in [2.75, 3.05) is 13.2 Å². The number of hydrazine groups is 1. The van der Waals surface area contributed by atoms with Gasteiger partial charge in [-0.3, -0.25) is 20.4 Å². The maximum Gasteiger partial charge on any atom is 0.269 e. The molecule has 6 nitrogen and oxygen atoms in total. The zero-order valence-corrected chi connectivity index (χ0v) is 18.7. The van der Waals surface area contributed by atoms with Gasteiger partial charge in [0.05, 0.1) is 17.7 Å². The first kappa shape index (κ1) is 22.7. The molecule has 0 spiro atoms. The highest BCUT2D eigenvalue weighted by molar-refractivity contribution is 9.10. The molecule has 0 unspecified atom stereocenters. The molecule has 0 heterocycles. The SMILES string of the molecule is CC(C)COc1ccc(C(=O)NNC(=O)c2ccc(OCC(C)C)c(Br)c2)cc1. The summed E-state index contributed by atoms with van der Waals surface area (Å²) in [6, 6.07) is 11.8. The molecule has 0 aliphatic carbocycles. The molecule has 0 aromatic heterocycles. The van der Waals surface area contributed by atoms with Gasteiger partial charge in [-0.2, -0.15) is 0 Å². The summed E-state index contributed by atoms with van der Waals surface area (Å²) in [6.07, 6.45) is 0. The molecular weight excluding hydrogens is 436 g/mol. The van der Waals surface area contributed by atoms with Crippen LogP contribution in [0.3, 0.4) is 0 Å². The molecule has 0 aliphatic rings. The van der Waals surface area contributed by atoms with Crippen LogP contribution in [-0.2, 0) is 0 Å². The minimum atomic E-state index is -0.425. The second-order valence-electron chi connectivity index (χ2n) is 7.49. The van der Waals surface area contributed by atoms with Gasteiger partial charge in [0.15, 0.2) is 0 Å². The summed E-state index contributed by atoms with van der Waals surface area (Å²) < 4.78 is 11.9. The molecule has 156 valence electrons. The van der Waals surface area contributed by atoms with Gasteiger partial charge in [-0.25, -0.2) is 0 Å². The molecule has 7 heteroatoms. The highest BCUT2D eigenvalue weighted by Gasteiger charge is 2.12. The summed E-state index contributed by atoms with van der Waals surface area (Å²) in [5.74, 6) is 1.35. The van der Waals surface area contributed by atoms with Gasteiger partial charge in [-0.15, -0.1) is 0 Å². The van der Waals surface area contributed by atoms with E-state index in [1.165, 1.54) is 0 Å². The van der Waals surface area contributed by atoms with Crippen molar-refractivity contribution in [1.82, 2.24) is 10.9 Å². The van der Waals surface area contributed by atoms with E-state index in [1.54, 1.807) is 42.5 Å². The number of ether oxygens (including phenoxy) is 2. The fraction of sp³-hybridized carbons (Fsp3) is 0.364. The summed E-state index contributed by atoms with van der Waals surface area (Å²) in [5, 5.41) is 0. The number of amides is 2. The second kappa shape index (κ2) is 10.9. The molecule has 2 amide bonds. The van der Waals surface area contributed by atoms with Crippen molar-refractivity contribution in [3.8, 4) is 11.5 Å². The Labute approximate surface area is 180 Å². The van der Waals surface area contributed by atoms with Crippen molar-refractivity contribution in [2.24, 2.45) is 11.8 Å². The van der Waals surface area contributed by atoms with E-state index in [4.69, 9.17) is 9.47 Å². The Morgan fingerprint density at radius 3 is 1.90 bits per heavy atom. The molecule has 2 aromatic rings. The maximum absolute atomic E-state index is 12.3. The minimum absolute atomic E-state index is 0.395. The van der Waals surface area contributed by atoms with Gasteiger partial charge in [0.25, 0.3) is 11.8 Å². The third-order valence-electron chi connectivity index (χ3n) is 3.76. The molecular formula is C22H27BrN2O4. The van der Waals surface area contributed by atoms with E-state index in [1.807, 2.05) is 0 Å². The van der Waals surface area contributed by atoms with E-state index in [0.29, 0.717) is 52.1 Å². The van der Waals surface area contributed by atoms with Crippen LogP contribution in [0.15, 0.2) is 46.9 Å². The van der Waals surface area contributed by atoms with E-state index in [9.17, 15) is 9.59 Å². The van der Waals surface area contributed by atoms with Crippen molar-refractivity contribution in [1.29, 1.82) is 0 Å². The van der Waals surface area contributed by atoms with Crippen molar-refractivity contribution >= 4 is 27.7 Å². The zero-order valence-electron chi connectivity index (χ0n) is 17.1. The molecule has 2 rings (SSSR count). The number of hydrogen-bond acceptors (Lipinski definition) is 4. The second-order valence-corrected chi connectivity index (χ2v) is 8.34. The lowest BCUT2D eigenvalue weighted by atomic mass is 10.2. The van der Waals surface area contributed by atoms with Gasteiger partial charge < -0.3 is 9.47 Å². The summed E-state index contributed by atoms with van der Waals surface area (Å²) in [6.45, 7) is 9.44. The number of rotatable bonds is 8. The minimum Gasteiger partial charge on any atom is -0.493 e. The Balaban J connectivity index is 1.89. The predicted molar refractivity (Wildman–Crippen MR) is 116 cm³/mol. The molecule has 2 aromatic carbocycles. The average molecular weight is 463 g/mol.